The Bertz CT molecular complexity index is 606. The van der Waals surface area contributed by atoms with E-state index in [0.717, 1.165) is 13.0 Å². The summed E-state index contributed by atoms with van der Waals surface area (Å²) in [5, 5.41) is 2.96. The summed E-state index contributed by atoms with van der Waals surface area (Å²) in [5.74, 6) is 2.18. The first-order chi connectivity index (χ1) is 12.9. The van der Waals surface area contributed by atoms with Gasteiger partial charge in [0.05, 0.1) is 21.3 Å². The Labute approximate surface area is 163 Å². The van der Waals surface area contributed by atoms with Gasteiger partial charge in [-0.2, -0.15) is 0 Å². The van der Waals surface area contributed by atoms with Gasteiger partial charge >= 0.3 is 0 Å². The van der Waals surface area contributed by atoms with Crippen LogP contribution in [0.2, 0.25) is 0 Å². The molecule has 0 bridgehead atoms. The number of hydrogen-bond donors (Lipinski definition) is 1. The maximum atomic E-state index is 12.5. The lowest BCUT2D eigenvalue weighted by molar-refractivity contribution is -0.116. The number of rotatable bonds is 11. The van der Waals surface area contributed by atoms with E-state index in [1.165, 1.54) is 12.8 Å². The van der Waals surface area contributed by atoms with E-state index in [1.54, 1.807) is 33.5 Å². The number of benzene rings is 1. The Morgan fingerprint density at radius 2 is 1.74 bits per heavy atom. The molecule has 0 spiro atoms. The van der Waals surface area contributed by atoms with Crippen LogP contribution in [-0.2, 0) is 4.79 Å². The number of nitrogens with one attached hydrogen (secondary N) is 1. The summed E-state index contributed by atoms with van der Waals surface area (Å²) < 4.78 is 16.0. The van der Waals surface area contributed by atoms with Crippen LogP contribution < -0.4 is 19.5 Å². The Balaban J connectivity index is 2.00. The predicted molar refractivity (Wildman–Crippen MR) is 108 cm³/mol. The van der Waals surface area contributed by atoms with Crippen molar-refractivity contribution in [3.8, 4) is 17.2 Å². The summed E-state index contributed by atoms with van der Waals surface area (Å²) in [6.07, 6.45) is 4.11. The van der Waals surface area contributed by atoms with Crippen molar-refractivity contribution in [1.82, 2.24) is 4.90 Å². The molecular weight excluding hydrogens is 344 g/mol. The topological polar surface area (TPSA) is 60.0 Å². The van der Waals surface area contributed by atoms with Crippen LogP contribution in [0.4, 0.5) is 5.69 Å². The van der Waals surface area contributed by atoms with Gasteiger partial charge in [0.15, 0.2) is 11.5 Å². The molecule has 0 radical (unpaired) electrons. The van der Waals surface area contributed by atoms with E-state index in [2.05, 4.69) is 31.0 Å². The van der Waals surface area contributed by atoms with Crippen molar-refractivity contribution in [2.75, 3.05) is 33.2 Å². The molecule has 27 heavy (non-hydrogen) atoms. The first-order valence-electron chi connectivity index (χ1n) is 9.80. The fourth-order valence-electron chi connectivity index (χ4n) is 3.40. The summed E-state index contributed by atoms with van der Waals surface area (Å²) in [6, 6.07) is 4.64. The summed E-state index contributed by atoms with van der Waals surface area (Å²) in [6.45, 7) is 7.58. The molecular formula is C21H34N2O4. The molecule has 0 aliphatic heterocycles. The average molecular weight is 379 g/mol. The van der Waals surface area contributed by atoms with E-state index < -0.39 is 0 Å². The van der Waals surface area contributed by atoms with Crippen LogP contribution in [-0.4, -0.2) is 50.8 Å². The highest BCUT2D eigenvalue weighted by Gasteiger charge is 2.33. The van der Waals surface area contributed by atoms with Gasteiger partial charge in [0.25, 0.3) is 0 Å². The zero-order valence-electron chi connectivity index (χ0n) is 17.5. The molecule has 1 N–H and O–H groups in total. The molecule has 6 heteroatoms. The molecule has 1 aromatic rings. The Hall–Kier alpha value is -1.95. The summed E-state index contributed by atoms with van der Waals surface area (Å²) in [7, 11) is 4.68. The van der Waals surface area contributed by atoms with E-state index in [-0.39, 0.29) is 5.91 Å². The minimum Gasteiger partial charge on any atom is -0.493 e. The second-order valence-corrected chi connectivity index (χ2v) is 7.31. The number of nitrogens with zero attached hydrogens (tertiary/aromatic N) is 1. The number of carbonyl (C=O) groups is 1. The summed E-state index contributed by atoms with van der Waals surface area (Å²) in [5.41, 5.74) is 0.641. The largest absolute Gasteiger partial charge is 0.493 e. The van der Waals surface area contributed by atoms with Crippen molar-refractivity contribution in [2.45, 2.75) is 58.5 Å². The molecule has 1 aromatic carbocycles. The molecule has 1 amide bonds. The minimum atomic E-state index is -0.00808. The van der Waals surface area contributed by atoms with Gasteiger partial charge in [-0.15, -0.1) is 0 Å². The first kappa shape index (κ1) is 21.4. The van der Waals surface area contributed by atoms with E-state index in [4.69, 9.17) is 14.2 Å². The van der Waals surface area contributed by atoms with Gasteiger partial charge in [0.2, 0.25) is 11.7 Å². The molecule has 1 aliphatic rings. The van der Waals surface area contributed by atoms with E-state index in [0.29, 0.717) is 47.4 Å². The number of carbonyl (C=O) groups excluding carboxylic acids is 1. The molecule has 0 heterocycles. The molecule has 0 aromatic heterocycles. The molecule has 1 saturated carbocycles. The minimum absolute atomic E-state index is 0.00808. The van der Waals surface area contributed by atoms with Crippen molar-refractivity contribution in [3.05, 3.63) is 12.1 Å². The van der Waals surface area contributed by atoms with E-state index >= 15 is 0 Å². The van der Waals surface area contributed by atoms with Crippen molar-refractivity contribution < 1.29 is 19.0 Å². The standard InChI is InChI=1S/C21H34N2O4/c1-7-14(2)15(3)23(17-8-9-17)11-10-20(24)22-16-12-18(25-4)21(27-6)19(13-16)26-5/h12-15,17H,7-11H2,1-6H3,(H,22,24). The number of amides is 1. The van der Waals surface area contributed by atoms with Gasteiger partial charge in [0, 0.05) is 42.9 Å². The lowest BCUT2D eigenvalue weighted by atomic mass is 9.99. The highest BCUT2D eigenvalue weighted by atomic mass is 16.5. The molecule has 2 rings (SSSR count). The van der Waals surface area contributed by atoms with Gasteiger partial charge in [-0.25, -0.2) is 0 Å². The zero-order valence-corrected chi connectivity index (χ0v) is 17.5. The Kier molecular flexibility index (Phi) is 7.78. The van der Waals surface area contributed by atoms with Gasteiger partial charge in [-0.3, -0.25) is 9.69 Å². The Morgan fingerprint density at radius 1 is 1.15 bits per heavy atom. The van der Waals surface area contributed by atoms with Crippen LogP contribution >= 0.6 is 0 Å². The third-order valence-corrected chi connectivity index (χ3v) is 5.55. The molecule has 6 nitrogen and oxygen atoms in total. The van der Waals surface area contributed by atoms with Crippen LogP contribution in [0.5, 0.6) is 17.2 Å². The second-order valence-electron chi connectivity index (χ2n) is 7.31. The summed E-state index contributed by atoms with van der Waals surface area (Å²) >= 11 is 0. The van der Waals surface area contributed by atoms with Gasteiger partial charge < -0.3 is 19.5 Å². The second kappa shape index (κ2) is 9.83. The number of anilines is 1. The molecule has 1 aliphatic carbocycles. The first-order valence-corrected chi connectivity index (χ1v) is 9.80. The molecule has 2 atom stereocenters. The number of hydrogen-bond acceptors (Lipinski definition) is 5. The highest BCUT2D eigenvalue weighted by molar-refractivity contribution is 5.91. The monoisotopic (exact) mass is 378 g/mol. The van der Waals surface area contributed by atoms with Crippen molar-refractivity contribution >= 4 is 11.6 Å². The van der Waals surface area contributed by atoms with Gasteiger partial charge in [0.1, 0.15) is 0 Å². The smallest absolute Gasteiger partial charge is 0.225 e. The number of methoxy groups -OCH3 is 3. The highest BCUT2D eigenvalue weighted by Crippen LogP contribution is 2.40. The van der Waals surface area contributed by atoms with Crippen molar-refractivity contribution in [1.29, 1.82) is 0 Å². The van der Waals surface area contributed by atoms with E-state index in [9.17, 15) is 4.79 Å². The normalized spacial score (nSPS) is 16.0. The maximum absolute atomic E-state index is 12.5. The SMILES string of the molecule is CCC(C)C(C)N(CCC(=O)Nc1cc(OC)c(OC)c(OC)c1)C1CC1. The van der Waals surface area contributed by atoms with Crippen molar-refractivity contribution in [2.24, 2.45) is 5.92 Å². The third kappa shape index (κ3) is 5.51. The van der Waals surface area contributed by atoms with Crippen LogP contribution in [0.3, 0.4) is 0 Å². The fourth-order valence-corrected chi connectivity index (χ4v) is 3.40. The third-order valence-electron chi connectivity index (χ3n) is 5.55. The quantitative estimate of drug-likeness (QED) is 0.632. The van der Waals surface area contributed by atoms with Crippen molar-refractivity contribution in [3.63, 3.8) is 0 Å². The molecule has 1 fully saturated rings. The lowest BCUT2D eigenvalue weighted by Crippen LogP contribution is -2.40. The molecule has 152 valence electrons. The number of ether oxygens (including phenoxy) is 3. The van der Waals surface area contributed by atoms with E-state index in [1.807, 2.05) is 0 Å². The van der Waals surface area contributed by atoms with Crippen LogP contribution in [0.1, 0.15) is 46.5 Å². The fraction of sp³-hybridized carbons (Fsp3) is 0.667. The zero-order chi connectivity index (χ0) is 20.0. The maximum Gasteiger partial charge on any atom is 0.225 e. The lowest BCUT2D eigenvalue weighted by Gasteiger charge is -2.33. The molecule has 0 saturated heterocycles. The predicted octanol–water partition coefficient (Wildman–Crippen LogP) is 3.94. The van der Waals surface area contributed by atoms with Crippen LogP contribution in [0, 0.1) is 5.92 Å². The Morgan fingerprint density at radius 3 is 2.19 bits per heavy atom. The molecule has 2 unspecified atom stereocenters. The van der Waals surface area contributed by atoms with Crippen LogP contribution in [0.25, 0.3) is 0 Å². The summed E-state index contributed by atoms with van der Waals surface area (Å²) in [4.78, 5) is 15.0. The van der Waals surface area contributed by atoms with Crippen LogP contribution in [0.15, 0.2) is 12.1 Å². The van der Waals surface area contributed by atoms with Gasteiger partial charge in [-0.1, -0.05) is 20.3 Å². The average Bonchev–Trinajstić information content (AvgIpc) is 3.51. The van der Waals surface area contributed by atoms with Gasteiger partial charge in [-0.05, 0) is 25.7 Å².